The Morgan fingerprint density at radius 1 is 0.694 bits per heavy atom. The van der Waals surface area contributed by atoms with Crippen molar-refractivity contribution < 1.29 is 13.5 Å². The van der Waals surface area contributed by atoms with E-state index in [1.807, 2.05) is 95.3 Å². The summed E-state index contributed by atoms with van der Waals surface area (Å²) in [6.45, 7) is 0. The van der Waals surface area contributed by atoms with Crippen LogP contribution in [0.2, 0.25) is 0 Å². The molecule has 0 aliphatic carbocycles. The molecule has 8 aromatic rings. The van der Waals surface area contributed by atoms with Gasteiger partial charge in [-0.1, -0.05) is 96.1 Å². The number of benzene rings is 4. The Morgan fingerprint density at radius 2 is 1.33 bits per heavy atom. The van der Waals surface area contributed by atoms with E-state index in [1.165, 1.54) is 19.2 Å². The topological polar surface area (TPSA) is 75.1 Å². The first-order valence-corrected chi connectivity index (χ1v) is 15.6. The van der Waals surface area contributed by atoms with Gasteiger partial charge < -0.3 is 4.74 Å². The van der Waals surface area contributed by atoms with E-state index < -0.39 is 17.2 Å². The first-order valence-electron chi connectivity index (χ1n) is 15.6. The number of pyridine rings is 1. The molecule has 0 unspecified atom stereocenters. The van der Waals surface area contributed by atoms with Gasteiger partial charge in [0.1, 0.15) is 34.2 Å². The predicted octanol–water partition coefficient (Wildman–Crippen LogP) is 7.79. The standard InChI is InChI=1S/C39H29F2N7O/c1-46-37(43-44-38(46)49-2)34-23-42-35-21-18-26(24-47(34)35)32-25-48(45-36(32)31-20-19-30(40)22-33(31)41)39(27-12-6-3-7-13-27,28-14-8-4-9-15-28)29-16-10-5-11-17-29/h3-25H,1-2H3. The lowest BCUT2D eigenvalue weighted by Gasteiger charge is -2.36. The number of aromatic nitrogens is 7. The van der Waals surface area contributed by atoms with Crippen LogP contribution in [0.4, 0.5) is 8.78 Å². The maximum atomic E-state index is 15.7. The molecule has 4 aromatic carbocycles. The maximum Gasteiger partial charge on any atom is 0.316 e. The van der Waals surface area contributed by atoms with Gasteiger partial charge in [-0.15, -0.1) is 5.10 Å². The van der Waals surface area contributed by atoms with Crippen LogP contribution in [0.15, 0.2) is 140 Å². The van der Waals surface area contributed by atoms with Crippen molar-refractivity contribution in [3.8, 4) is 39.9 Å². The zero-order valence-corrected chi connectivity index (χ0v) is 26.6. The molecule has 0 fully saturated rings. The third-order valence-electron chi connectivity index (χ3n) is 8.88. The van der Waals surface area contributed by atoms with Crippen molar-refractivity contribution >= 4 is 5.65 Å². The Balaban J connectivity index is 1.44. The number of imidazole rings is 1. The van der Waals surface area contributed by atoms with Crippen LogP contribution in [0.1, 0.15) is 16.7 Å². The van der Waals surface area contributed by atoms with Crippen LogP contribution in [-0.2, 0) is 12.6 Å². The molecule has 0 atom stereocenters. The van der Waals surface area contributed by atoms with Gasteiger partial charge in [0.15, 0.2) is 5.82 Å². The second kappa shape index (κ2) is 12.0. The second-order valence-electron chi connectivity index (χ2n) is 11.6. The Labute approximate surface area is 280 Å². The number of rotatable bonds is 8. The van der Waals surface area contributed by atoms with E-state index in [1.54, 1.807) is 10.8 Å². The minimum atomic E-state index is -0.966. The maximum absolute atomic E-state index is 15.7. The number of hydrogen-bond acceptors (Lipinski definition) is 5. The average molecular weight is 650 g/mol. The molecule has 4 heterocycles. The fourth-order valence-corrected chi connectivity index (χ4v) is 6.59. The van der Waals surface area contributed by atoms with Gasteiger partial charge in [0.2, 0.25) is 0 Å². The average Bonchev–Trinajstić information content (AvgIpc) is 3.86. The van der Waals surface area contributed by atoms with Gasteiger partial charge in [-0.05, 0) is 41.0 Å². The molecule has 240 valence electrons. The fraction of sp³-hybridized carbons (Fsp3) is 0.0769. The van der Waals surface area contributed by atoms with Crippen LogP contribution < -0.4 is 4.74 Å². The van der Waals surface area contributed by atoms with Crippen LogP contribution in [0.3, 0.4) is 0 Å². The summed E-state index contributed by atoms with van der Waals surface area (Å²) in [5.41, 5.74) is 5.15. The second-order valence-corrected chi connectivity index (χ2v) is 11.6. The first kappa shape index (κ1) is 29.9. The fourth-order valence-electron chi connectivity index (χ4n) is 6.59. The predicted molar refractivity (Wildman–Crippen MR) is 183 cm³/mol. The lowest BCUT2D eigenvalue weighted by Crippen LogP contribution is -2.38. The molecule has 49 heavy (non-hydrogen) atoms. The van der Waals surface area contributed by atoms with E-state index >= 15 is 4.39 Å². The van der Waals surface area contributed by atoms with Crippen molar-refractivity contribution in [2.45, 2.75) is 5.54 Å². The smallest absolute Gasteiger partial charge is 0.316 e. The van der Waals surface area contributed by atoms with Crippen LogP contribution in [0, 0.1) is 11.6 Å². The molecule has 0 saturated heterocycles. The minimum Gasteiger partial charge on any atom is -0.467 e. The van der Waals surface area contributed by atoms with Crippen molar-refractivity contribution in [1.29, 1.82) is 0 Å². The molecule has 0 spiro atoms. The number of halogens is 2. The zero-order chi connectivity index (χ0) is 33.5. The number of ether oxygens (including phenoxy) is 1. The van der Waals surface area contributed by atoms with Crippen LogP contribution in [0.25, 0.3) is 39.5 Å². The SMILES string of the molecule is COc1nnc(-c2cnc3ccc(-c4cn(C(c5ccccc5)(c5ccccc5)c5ccccc5)nc4-c4ccc(F)cc4F)cn23)n1C. The first-order chi connectivity index (χ1) is 24.0. The Hall–Kier alpha value is -6.42. The van der Waals surface area contributed by atoms with E-state index in [9.17, 15) is 4.39 Å². The molecule has 0 aliphatic heterocycles. The molecule has 0 N–H and O–H groups in total. The lowest BCUT2D eigenvalue weighted by atomic mass is 9.77. The Morgan fingerprint density at radius 3 is 1.90 bits per heavy atom. The highest BCUT2D eigenvalue weighted by Gasteiger charge is 2.40. The van der Waals surface area contributed by atoms with Crippen molar-refractivity contribution in [3.05, 3.63) is 168 Å². The number of hydrogen-bond donors (Lipinski definition) is 0. The molecule has 0 bridgehead atoms. The van der Waals surface area contributed by atoms with Crippen molar-refractivity contribution in [3.63, 3.8) is 0 Å². The molecule has 0 amide bonds. The van der Waals surface area contributed by atoms with Crippen molar-refractivity contribution in [2.75, 3.05) is 7.11 Å². The Bertz CT molecular complexity index is 2320. The molecule has 10 heteroatoms. The minimum absolute atomic E-state index is 0.169. The molecule has 0 saturated carbocycles. The van der Waals surface area contributed by atoms with E-state index in [-0.39, 0.29) is 5.56 Å². The normalized spacial score (nSPS) is 11.7. The Kier molecular flexibility index (Phi) is 7.33. The van der Waals surface area contributed by atoms with E-state index in [0.717, 1.165) is 28.3 Å². The quantitative estimate of drug-likeness (QED) is 0.157. The van der Waals surface area contributed by atoms with E-state index in [0.29, 0.717) is 34.4 Å². The number of fused-ring (bicyclic) bond motifs is 1. The van der Waals surface area contributed by atoms with Crippen LogP contribution in [0.5, 0.6) is 6.01 Å². The summed E-state index contributed by atoms with van der Waals surface area (Å²) in [6, 6.07) is 38.0. The van der Waals surface area contributed by atoms with Crippen LogP contribution >= 0.6 is 0 Å². The molecule has 8 nitrogen and oxygen atoms in total. The highest BCUT2D eigenvalue weighted by atomic mass is 19.1. The summed E-state index contributed by atoms with van der Waals surface area (Å²) in [4.78, 5) is 4.59. The summed E-state index contributed by atoms with van der Waals surface area (Å²) in [7, 11) is 3.35. The summed E-state index contributed by atoms with van der Waals surface area (Å²) in [6.07, 6.45) is 5.58. The largest absolute Gasteiger partial charge is 0.467 e. The van der Waals surface area contributed by atoms with Gasteiger partial charge in [0.05, 0.1) is 13.3 Å². The number of nitrogens with zero attached hydrogens (tertiary/aromatic N) is 7. The third kappa shape index (κ3) is 4.88. The molecule has 8 rings (SSSR count). The zero-order valence-electron chi connectivity index (χ0n) is 26.6. The number of methoxy groups -OCH3 is 1. The van der Waals surface area contributed by atoms with Crippen molar-refractivity contribution in [1.82, 2.24) is 33.9 Å². The highest BCUT2D eigenvalue weighted by molar-refractivity contribution is 5.81. The molecular formula is C39H29F2N7O. The van der Waals surface area contributed by atoms with E-state index in [4.69, 9.17) is 9.84 Å². The van der Waals surface area contributed by atoms with Gasteiger partial charge in [-0.2, -0.15) is 5.10 Å². The van der Waals surface area contributed by atoms with Gasteiger partial charge in [-0.25, -0.2) is 13.8 Å². The van der Waals surface area contributed by atoms with Gasteiger partial charge >= 0.3 is 6.01 Å². The summed E-state index contributed by atoms with van der Waals surface area (Å²) >= 11 is 0. The third-order valence-corrected chi connectivity index (χ3v) is 8.88. The van der Waals surface area contributed by atoms with Crippen LogP contribution in [-0.4, -0.2) is 41.0 Å². The van der Waals surface area contributed by atoms with Crippen molar-refractivity contribution in [2.24, 2.45) is 7.05 Å². The van der Waals surface area contributed by atoms with E-state index in [2.05, 4.69) is 51.6 Å². The van der Waals surface area contributed by atoms with Gasteiger partial charge in [0, 0.05) is 42.2 Å². The highest BCUT2D eigenvalue weighted by Crippen LogP contribution is 2.43. The van der Waals surface area contributed by atoms with Gasteiger partial charge in [0.25, 0.3) is 0 Å². The summed E-state index contributed by atoms with van der Waals surface area (Å²) in [5, 5.41) is 13.7. The molecule has 0 aliphatic rings. The molecule has 4 aromatic heterocycles. The molecule has 0 radical (unpaired) electrons. The monoisotopic (exact) mass is 649 g/mol. The molecular weight excluding hydrogens is 620 g/mol. The van der Waals surface area contributed by atoms with Gasteiger partial charge in [-0.3, -0.25) is 13.6 Å². The lowest BCUT2D eigenvalue weighted by molar-refractivity contribution is 0.365. The summed E-state index contributed by atoms with van der Waals surface area (Å²) < 4.78 is 40.9. The summed E-state index contributed by atoms with van der Waals surface area (Å²) in [5.74, 6) is -0.830.